The average Bonchev–Trinajstić information content (AvgIpc) is 3.19. The molecular weight excluding hydrogens is 372 g/mol. The van der Waals surface area contributed by atoms with Crippen LogP contribution in [0.5, 0.6) is 11.5 Å². The smallest absolute Gasteiger partial charge is 0.159 e. The van der Waals surface area contributed by atoms with Crippen LogP contribution in [-0.4, -0.2) is 37.0 Å². The van der Waals surface area contributed by atoms with E-state index in [4.69, 9.17) is 9.47 Å². The third-order valence-electron chi connectivity index (χ3n) is 5.09. The SMILES string of the molecule is COc1ccc(OC)c(C2=NC3C=C4C(=CC3=N2)N([O-])c2ccccc2N4O)c1. The molecule has 0 radical (unpaired) electrons. The summed E-state index contributed by atoms with van der Waals surface area (Å²) in [5.74, 6) is 1.76. The molecule has 1 unspecified atom stereocenters. The Morgan fingerprint density at radius 3 is 2.59 bits per heavy atom. The summed E-state index contributed by atoms with van der Waals surface area (Å²) in [6, 6.07) is 11.9. The Labute approximate surface area is 166 Å². The molecule has 0 spiro atoms. The molecule has 3 aliphatic rings. The number of hydrogen-bond acceptors (Lipinski definition) is 8. The first-order valence-electron chi connectivity index (χ1n) is 8.98. The minimum atomic E-state index is -0.409. The molecule has 1 atom stereocenters. The van der Waals surface area contributed by atoms with E-state index >= 15 is 0 Å². The quantitative estimate of drug-likeness (QED) is 0.866. The van der Waals surface area contributed by atoms with Crippen molar-refractivity contribution in [2.24, 2.45) is 9.98 Å². The number of methoxy groups -OCH3 is 2. The van der Waals surface area contributed by atoms with Gasteiger partial charge in [-0.1, -0.05) is 12.1 Å². The fourth-order valence-electron chi connectivity index (χ4n) is 3.64. The van der Waals surface area contributed by atoms with E-state index in [2.05, 4.69) is 9.98 Å². The van der Waals surface area contributed by atoms with Crippen molar-refractivity contribution >= 4 is 22.9 Å². The lowest BCUT2D eigenvalue weighted by molar-refractivity contribution is 0.283. The Morgan fingerprint density at radius 2 is 1.83 bits per heavy atom. The molecule has 146 valence electrons. The number of aliphatic imine (C=N–C) groups is 2. The maximum atomic E-state index is 12.9. The van der Waals surface area contributed by atoms with Crippen LogP contribution in [0.1, 0.15) is 5.56 Å². The van der Waals surface area contributed by atoms with Gasteiger partial charge in [-0.3, -0.25) is 10.2 Å². The number of para-hydroxylation sites is 2. The number of rotatable bonds is 3. The molecule has 0 aromatic heterocycles. The van der Waals surface area contributed by atoms with E-state index in [9.17, 15) is 10.4 Å². The molecule has 0 saturated carbocycles. The number of amidine groups is 1. The highest BCUT2D eigenvalue weighted by Crippen LogP contribution is 2.42. The largest absolute Gasteiger partial charge is 0.754 e. The zero-order chi connectivity index (χ0) is 20.1. The van der Waals surface area contributed by atoms with Crippen molar-refractivity contribution in [3.63, 3.8) is 0 Å². The zero-order valence-electron chi connectivity index (χ0n) is 15.7. The summed E-state index contributed by atoms with van der Waals surface area (Å²) in [7, 11) is 3.17. The molecule has 2 aliphatic heterocycles. The highest BCUT2D eigenvalue weighted by molar-refractivity contribution is 6.19. The maximum Gasteiger partial charge on any atom is 0.159 e. The van der Waals surface area contributed by atoms with Gasteiger partial charge >= 0.3 is 0 Å². The number of fused-ring (bicyclic) bond motifs is 3. The molecule has 1 N–H and O–H groups in total. The number of anilines is 2. The minimum Gasteiger partial charge on any atom is -0.754 e. The van der Waals surface area contributed by atoms with Crippen LogP contribution in [0.25, 0.3) is 0 Å². The number of hydroxylamine groups is 2. The second-order valence-corrected chi connectivity index (χ2v) is 6.68. The topological polar surface area (TPSA) is 93.0 Å². The first kappa shape index (κ1) is 17.5. The van der Waals surface area contributed by atoms with Crippen molar-refractivity contribution in [1.29, 1.82) is 0 Å². The van der Waals surface area contributed by atoms with Crippen molar-refractivity contribution in [3.05, 3.63) is 76.8 Å². The van der Waals surface area contributed by atoms with E-state index < -0.39 is 6.04 Å². The van der Waals surface area contributed by atoms with Crippen molar-refractivity contribution < 1.29 is 14.7 Å². The molecule has 2 heterocycles. The standard InChI is InChI=1S/C21H17N4O4/c1-28-12-7-8-20(29-2)13(9-12)21-22-14-10-18-19(11-15(14)23-21)25(27)17-6-4-3-5-16(17)24(18)26/h3-11,14,26H,1-2H3/q-1. The third kappa shape index (κ3) is 2.61. The Hall–Kier alpha value is -3.62. The minimum absolute atomic E-state index is 0.315. The second-order valence-electron chi connectivity index (χ2n) is 6.68. The molecule has 8 heteroatoms. The Morgan fingerprint density at radius 1 is 1.03 bits per heavy atom. The summed E-state index contributed by atoms with van der Waals surface area (Å²) in [5.41, 5.74) is 2.79. The molecule has 5 rings (SSSR count). The summed E-state index contributed by atoms with van der Waals surface area (Å²) in [4.78, 5) is 9.28. The monoisotopic (exact) mass is 389 g/mol. The van der Waals surface area contributed by atoms with Crippen LogP contribution in [0.2, 0.25) is 0 Å². The lowest BCUT2D eigenvalue weighted by Crippen LogP contribution is -2.36. The van der Waals surface area contributed by atoms with Gasteiger partial charge in [-0.2, -0.15) is 0 Å². The molecule has 29 heavy (non-hydrogen) atoms. The van der Waals surface area contributed by atoms with Gasteiger partial charge in [-0.25, -0.2) is 10.1 Å². The second kappa shape index (κ2) is 6.47. The van der Waals surface area contributed by atoms with E-state index in [0.717, 1.165) is 10.1 Å². The van der Waals surface area contributed by atoms with Gasteiger partial charge in [0.05, 0.1) is 48.3 Å². The van der Waals surface area contributed by atoms with Crippen molar-refractivity contribution in [2.45, 2.75) is 6.04 Å². The molecule has 0 fully saturated rings. The van der Waals surface area contributed by atoms with E-state index in [1.54, 1.807) is 68.8 Å². The van der Waals surface area contributed by atoms with E-state index in [0.29, 0.717) is 51.4 Å². The molecule has 1 aliphatic carbocycles. The van der Waals surface area contributed by atoms with Crippen LogP contribution in [0.3, 0.4) is 0 Å². The number of nitrogens with zero attached hydrogens (tertiary/aromatic N) is 4. The van der Waals surface area contributed by atoms with Gasteiger partial charge in [0.15, 0.2) is 5.84 Å². The Kier molecular flexibility index (Phi) is 3.90. The Bertz CT molecular complexity index is 1140. The van der Waals surface area contributed by atoms with Gasteiger partial charge in [-0.15, -0.1) is 0 Å². The fourth-order valence-corrected chi connectivity index (χ4v) is 3.64. The summed E-state index contributed by atoms with van der Waals surface area (Å²) in [6.45, 7) is 0. The van der Waals surface area contributed by atoms with Gasteiger partial charge < -0.3 is 19.7 Å². The maximum absolute atomic E-state index is 12.9. The molecular formula is C21H17N4O4-. The molecule has 0 amide bonds. The van der Waals surface area contributed by atoms with E-state index in [1.807, 2.05) is 0 Å². The van der Waals surface area contributed by atoms with Crippen LogP contribution in [-0.2, 0) is 0 Å². The highest BCUT2D eigenvalue weighted by Gasteiger charge is 2.33. The van der Waals surface area contributed by atoms with Gasteiger partial charge in [0.25, 0.3) is 0 Å². The lowest BCUT2D eigenvalue weighted by atomic mass is 10.00. The number of hydrogen-bond donors (Lipinski definition) is 1. The van der Waals surface area contributed by atoms with E-state index in [1.165, 1.54) is 0 Å². The van der Waals surface area contributed by atoms with Crippen molar-refractivity contribution in [3.8, 4) is 11.5 Å². The molecule has 0 saturated heterocycles. The van der Waals surface area contributed by atoms with E-state index in [-0.39, 0.29) is 0 Å². The number of benzene rings is 2. The predicted molar refractivity (Wildman–Crippen MR) is 110 cm³/mol. The molecule has 2 aromatic rings. The van der Waals surface area contributed by atoms with Crippen LogP contribution in [0.15, 0.2) is 76.0 Å². The number of ether oxygens (including phenoxy) is 2. The summed E-state index contributed by atoms with van der Waals surface area (Å²) < 4.78 is 10.7. The van der Waals surface area contributed by atoms with Gasteiger partial charge in [0, 0.05) is 0 Å². The summed E-state index contributed by atoms with van der Waals surface area (Å²) in [6.07, 6.45) is 3.39. The summed E-state index contributed by atoms with van der Waals surface area (Å²) in [5, 5.41) is 25.3. The first-order chi connectivity index (χ1) is 14.1. The van der Waals surface area contributed by atoms with Crippen molar-refractivity contribution in [1.82, 2.24) is 0 Å². The Balaban J connectivity index is 1.59. The van der Waals surface area contributed by atoms with Crippen LogP contribution in [0, 0.1) is 5.21 Å². The van der Waals surface area contributed by atoms with Crippen LogP contribution in [0.4, 0.5) is 11.4 Å². The predicted octanol–water partition coefficient (Wildman–Crippen LogP) is 3.27. The summed E-state index contributed by atoms with van der Waals surface area (Å²) >= 11 is 0. The molecule has 2 aromatic carbocycles. The molecule has 0 bridgehead atoms. The molecule has 8 nitrogen and oxygen atoms in total. The van der Waals surface area contributed by atoms with Gasteiger partial charge in [0.1, 0.15) is 17.5 Å². The van der Waals surface area contributed by atoms with Crippen molar-refractivity contribution in [2.75, 3.05) is 24.3 Å². The van der Waals surface area contributed by atoms with Crippen LogP contribution < -0.4 is 19.6 Å². The van der Waals surface area contributed by atoms with Gasteiger partial charge in [0.2, 0.25) is 0 Å². The van der Waals surface area contributed by atoms with Crippen LogP contribution >= 0.6 is 0 Å². The fraction of sp³-hybridized carbons (Fsp3) is 0.143. The third-order valence-corrected chi connectivity index (χ3v) is 5.09. The normalized spacial score (nSPS) is 19.4. The van der Waals surface area contributed by atoms with Gasteiger partial charge in [-0.05, 0) is 42.5 Å². The first-order valence-corrected chi connectivity index (χ1v) is 8.98. The zero-order valence-corrected chi connectivity index (χ0v) is 15.7. The lowest BCUT2D eigenvalue weighted by Gasteiger charge is -2.44. The highest BCUT2D eigenvalue weighted by atomic mass is 16.5. The average molecular weight is 389 g/mol.